The zero-order chi connectivity index (χ0) is 17.7. The lowest BCUT2D eigenvalue weighted by Crippen LogP contribution is -2.39. The molecule has 1 atom stereocenters. The van der Waals surface area contributed by atoms with Crippen LogP contribution in [0.3, 0.4) is 0 Å². The molecule has 0 spiro atoms. The summed E-state index contributed by atoms with van der Waals surface area (Å²) < 4.78 is 43.2. The standard InChI is InChI=1S/C17H17ClF3NO2/c1-22(11-16(23)17(19,20)21)10-13-14(18)8-5-9-15(13)24-12-6-3-2-4-7-12/h2-9,16,23H,10-11H2,1H3. The van der Waals surface area contributed by atoms with E-state index in [0.29, 0.717) is 22.1 Å². The highest BCUT2D eigenvalue weighted by Crippen LogP contribution is 2.31. The van der Waals surface area contributed by atoms with Crippen LogP contribution in [-0.2, 0) is 6.54 Å². The van der Waals surface area contributed by atoms with Crippen molar-refractivity contribution in [3.63, 3.8) is 0 Å². The van der Waals surface area contributed by atoms with Crippen LogP contribution in [0.5, 0.6) is 11.5 Å². The van der Waals surface area contributed by atoms with Crippen LogP contribution in [-0.4, -0.2) is 35.9 Å². The lowest BCUT2D eigenvalue weighted by molar-refractivity contribution is -0.207. The molecule has 0 amide bonds. The van der Waals surface area contributed by atoms with Crippen molar-refractivity contribution in [2.24, 2.45) is 0 Å². The first-order valence-electron chi connectivity index (χ1n) is 7.21. The number of benzene rings is 2. The molecule has 0 saturated heterocycles. The van der Waals surface area contributed by atoms with Gasteiger partial charge in [0.2, 0.25) is 0 Å². The van der Waals surface area contributed by atoms with E-state index < -0.39 is 18.8 Å². The van der Waals surface area contributed by atoms with Crippen molar-refractivity contribution in [1.82, 2.24) is 4.90 Å². The molecule has 1 unspecified atom stereocenters. The Morgan fingerprint density at radius 2 is 1.79 bits per heavy atom. The van der Waals surface area contributed by atoms with E-state index in [9.17, 15) is 18.3 Å². The number of aliphatic hydroxyl groups is 1. The van der Waals surface area contributed by atoms with Gasteiger partial charge in [0.15, 0.2) is 6.10 Å². The summed E-state index contributed by atoms with van der Waals surface area (Å²) in [5.74, 6) is 1.06. The van der Waals surface area contributed by atoms with Gasteiger partial charge in [-0.05, 0) is 31.3 Å². The average molecular weight is 360 g/mol. The fourth-order valence-corrected chi connectivity index (χ4v) is 2.36. The van der Waals surface area contributed by atoms with Crippen LogP contribution in [0.1, 0.15) is 5.56 Å². The van der Waals surface area contributed by atoms with Crippen molar-refractivity contribution in [2.45, 2.75) is 18.8 Å². The molecule has 0 aliphatic carbocycles. The predicted octanol–water partition coefficient (Wildman–Crippen LogP) is 4.49. The number of para-hydroxylation sites is 1. The topological polar surface area (TPSA) is 32.7 Å². The molecular formula is C17H17ClF3NO2. The molecule has 0 heterocycles. The second kappa shape index (κ2) is 7.88. The molecule has 0 radical (unpaired) electrons. The Hall–Kier alpha value is -1.76. The third-order valence-electron chi connectivity index (χ3n) is 3.34. The molecule has 3 nitrogen and oxygen atoms in total. The van der Waals surface area contributed by atoms with Crippen LogP contribution in [0.4, 0.5) is 13.2 Å². The Labute approximate surface area is 143 Å². The second-order valence-corrected chi connectivity index (χ2v) is 5.79. The van der Waals surface area contributed by atoms with Gasteiger partial charge in [-0.3, -0.25) is 4.90 Å². The Morgan fingerprint density at radius 1 is 1.12 bits per heavy atom. The van der Waals surface area contributed by atoms with E-state index in [-0.39, 0.29) is 6.54 Å². The van der Waals surface area contributed by atoms with E-state index in [1.54, 1.807) is 30.3 Å². The fourth-order valence-electron chi connectivity index (χ4n) is 2.14. The lowest BCUT2D eigenvalue weighted by Gasteiger charge is -2.23. The molecule has 7 heteroatoms. The lowest BCUT2D eigenvalue weighted by atomic mass is 10.1. The SMILES string of the molecule is CN(Cc1c(Cl)cccc1Oc1ccccc1)CC(O)C(F)(F)F. The highest BCUT2D eigenvalue weighted by molar-refractivity contribution is 6.31. The number of likely N-dealkylation sites (N-methyl/N-ethyl adjacent to an activating group) is 1. The number of alkyl halides is 3. The number of ether oxygens (including phenoxy) is 1. The molecule has 24 heavy (non-hydrogen) atoms. The zero-order valence-electron chi connectivity index (χ0n) is 12.9. The Kier molecular flexibility index (Phi) is 6.10. The minimum atomic E-state index is -4.65. The summed E-state index contributed by atoms with van der Waals surface area (Å²) in [6.45, 7) is -0.450. The quantitative estimate of drug-likeness (QED) is 0.825. The van der Waals surface area contributed by atoms with Gasteiger partial charge >= 0.3 is 6.18 Å². The summed E-state index contributed by atoms with van der Waals surface area (Å²) in [4.78, 5) is 1.34. The molecule has 0 aliphatic rings. The number of nitrogens with zero attached hydrogens (tertiary/aromatic N) is 1. The molecule has 0 aliphatic heterocycles. The molecule has 0 aromatic heterocycles. The maximum atomic E-state index is 12.5. The molecule has 0 saturated carbocycles. The first-order valence-corrected chi connectivity index (χ1v) is 7.59. The van der Waals surface area contributed by atoms with Gasteiger partial charge in [-0.2, -0.15) is 13.2 Å². The molecule has 0 bridgehead atoms. The molecular weight excluding hydrogens is 343 g/mol. The van der Waals surface area contributed by atoms with Gasteiger partial charge in [-0.15, -0.1) is 0 Å². The maximum Gasteiger partial charge on any atom is 0.415 e. The smallest absolute Gasteiger partial charge is 0.415 e. The van der Waals surface area contributed by atoms with Gasteiger partial charge in [0.1, 0.15) is 11.5 Å². The average Bonchev–Trinajstić information content (AvgIpc) is 2.51. The van der Waals surface area contributed by atoms with Crippen LogP contribution in [0.15, 0.2) is 48.5 Å². The predicted molar refractivity (Wildman–Crippen MR) is 86.4 cm³/mol. The van der Waals surface area contributed by atoms with Crippen LogP contribution in [0.2, 0.25) is 5.02 Å². The van der Waals surface area contributed by atoms with E-state index in [1.165, 1.54) is 11.9 Å². The highest BCUT2D eigenvalue weighted by atomic mass is 35.5. The third-order valence-corrected chi connectivity index (χ3v) is 3.69. The monoisotopic (exact) mass is 359 g/mol. The van der Waals surface area contributed by atoms with E-state index >= 15 is 0 Å². The Morgan fingerprint density at radius 3 is 2.42 bits per heavy atom. The number of hydrogen-bond acceptors (Lipinski definition) is 3. The molecule has 0 fully saturated rings. The number of hydrogen-bond donors (Lipinski definition) is 1. The van der Waals surface area contributed by atoms with Crippen molar-refractivity contribution < 1.29 is 23.0 Å². The molecule has 130 valence electrons. The van der Waals surface area contributed by atoms with Crippen LogP contribution in [0, 0.1) is 0 Å². The number of rotatable bonds is 6. The van der Waals surface area contributed by atoms with Gasteiger partial charge in [-0.25, -0.2) is 0 Å². The first kappa shape index (κ1) is 18.6. The molecule has 2 rings (SSSR count). The van der Waals surface area contributed by atoms with Crippen molar-refractivity contribution >= 4 is 11.6 Å². The van der Waals surface area contributed by atoms with Crippen molar-refractivity contribution in [3.8, 4) is 11.5 Å². The summed E-state index contributed by atoms with van der Waals surface area (Å²) >= 11 is 6.17. The summed E-state index contributed by atoms with van der Waals surface area (Å²) in [6.07, 6.45) is -7.07. The van der Waals surface area contributed by atoms with Gasteiger partial charge < -0.3 is 9.84 Å². The fraction of sp³-hybridized carbons (Fsp3) is 0.294. The third kappa shape index (κ3) is 5.12. The Balaban J connectivity index is 2.14. The minimum Gasteiger partial charge on any atom is -0.457 e. The summed E-state index contributed by atoms with van der Waals surface area (Å²) in [5, 5.41) is 9.56. The normalized spacial score (nSPS) is 13.1. The van der Waals surface area contributed by atoms with E-state index in [0.717, 1.165) is 0 Å². The van der Waals surface area contributed by atoms with Gasteiger partial charge in [0.05, 0.1) is 0 Å². The largest absolute Gasteiger partial charge is 0.457 e. The van der Waals surface area contributed by atoms with Crippen molar-refractivity contribution in [2.75, 3.05) is 13.6 Å². The van der Waals surface area contributed by atoms with E-state index in [1.807, 2.05) is 18.2 Å². The highest BCUT2D eigenvalue weighted by Gasteiger charge is 2.38. The minimum absolute atomic E-state index is 0.106. The first-order chi connectivity index (χ1) is 11.3. The number of aliphatic hydroxyl groups excluding tert-OH is 1. The van der Waals surface area contributed by atoms with Crippen molar-refractivity contribution in [1.29, 1.82) is 0 Å². The van der Waals surface area contributed by atoms with Gasteiger partial charge in [0.25, 0.3) is 0 Å². The molecule has 2 aromatic rings. The summed E-state index contributed by atoms with van der Waals surface area (Å²) in [5.41, 5.74) is 0.555. The van der Waals surface area contributed by atoms with Crippen molar-refractivity contribution in [3.05, 3.63) is 59.1 Å². The zero-order valence-corrected chi connectivity index (χ0v) is 13.7. The van der Waals surface area contributed by atoms with E-state index in [2.05, 4.69) is 0 Å². The second-order valence-electron chi connectivity index (χ2n) is 5.39. The molecule has 2 aromatic carbocycles. The maximum absolute atomic E-state index is 12.5. The van der Waals surface area contributed by atoms with Crippen LogP contribution in [0.25, 0.3) is 0 Å². The Bertz CT molecular complexity index is 665. The summed E-state index contributed by atoms with van der Waals surface area (Å²) in [6, 6.07) is 14.0. The van der Waals surface area contributed by atoms with Crippen LogP contribution < -0.4 is 4.74 Å². The van der Waals surface area contributed by atoms with Gasteiger partial charge in [-0.1, -0.05) is 35.9 Å². The number of halogens is 4. The van der Waals surface area contributed by atoms with E-state index in [4.69, 9.17) is 16.3 Å². The van der Waals surface area contributed by atoms with Gasteiger partial charge in [0, 0.05) is 23.7 Å². The molecule has 1 N–H and O–H groups in total. The summed E-state index contributed by atoms with van der Waals surface area (Å²) in [7, 11) is 1.48. The van der Waals surface area contributed by atoms with Crippen LogP contribution >= 0.6 is 11.6 Å².